The molecule has 114 valence electrons. The molecule has 3 rings (SSSR count). The van der Waals surface area contributed by atoms with E-state index in [1.165, 1.54) is 60.7 Å². The molecule has 0 saturated heterocycles. The zero-order valence-corrected chi connectivity index (χ0v) is 11.7. The fourth-order valence-corrected chi connectivity index (χ4v) is 2.16. The molecule has 0 saturated carbocycles. The van der Waals surface area contributed by atoms with Gasteiger partial charge in [0.2, 0.25) is 0 Å². The number of nitrogens with zero attached hydrogens (tertiary/aromatic N) is 2. The molecule has 1 heterocycles. The number of benzene rings is 2. The van der Waals surface area contributed by atoms with Gasteiger partial charge in [-0.2, -0.15) is 0 Å². The van der Waals surface area contributed by atoms with E-state index in [-0.39, 0.29) is 5.69 Å². The van der Waals surface area contributed by atoms with Crippen LogP contribution in [-0.2, 0) is 0 Å². The van der Waals surface area contributed by atoms with Gasteiger partial charge in [0.1, 0.15) is 11.6 Å². The highest BCUT2D eigenvalue weighted by molar-refractivity contribution is 5.69. The summed E-state index contributed by atoms with van der Waals surface area (Å²) >= 11 is 0. The number of aromatic nitrogens is 1. The van der Waals surface area contributed by atoms with E-state index in [9.17, 15) is 18.9 Å². The minimum atomic E-state index is -0.526. The van der Waals surface area contributed by atoms with Gasteiger partial charge in [-0.15, -0.1) is 0 Å². The summed E-state index contributed by atoms with van der Waals surface area (Å²) < 4.78 is 26.1. The third kappa shape index (κ3) is 3.21. The lowest BCUT2D eigenvalue weighted by atomic mass is 10.1. The average molecular weight is 312 g/mol. The zero-order valence-electron chi connectivity index (χ0n) is 11.7. The van der Waals surface area contributed by atoms with Crippen molar-refractivity contribution in [1.82, 2.24) is 4.98 Å². The van der Waals surface area contributed by atoms with Gasteiger partial charge >= 0.3 is 0 Å². The van der Waals surface area contributed by atoms with Crippen LogP contribution in [0.4, 0.5) is 14.5 Å². The van der Waals surface area contributed by atoms with Gasteiger partial charge in [-0.3, -0.25) is 10.1 Å². The molecule has 0 radical (unpaired) electrons. The van der Waals surface area contributed by atoms with Crippen LogP contribution in [0, 0.1) is 21.7 Å². The lowest BCUT2D eigenvalue weighted by molar-refractivity contribution is -0.384. The SMILES string of the molecule is O=[N+]([O-])c1cc(-c2ccc(F)cc2)nc(-c2ccc(F)cc2)c1. The Morgan fingerprint density at radius 2 is 1.17 bits per heavy atom. The first kappa shape index (κ1) is 14.8. The van der Waals surface area contributed by atoms with E-state index in [0.29, 0.717) is 22.5 Å². The summed E-state index contributed by atoms with van der Waals surface area (Å²) in [5.41, 5.74) is 1.66. The summed E-state index contributed by atoms with van der Waals surface area (Å²) in [6.45, 7) is 0. The molecule has 0 bridgehead atoms. The third-order valence-electron chi connectivity index (χ3n) is 3.30. The number of hydrogen-bond donors (Lipinski definition) is 0. The number of rotatable bonds is 3. The Morgan fingerprint density at radius 1 is 0.783 bits per heavy atom. The molecule has 0 fully saturated rings. The first-order chi connectivity index (χ1) is 11.0. The quantitative estimate of drug-likeness (QED) is 0.524. The maximum absolute atomic E-state index is 13.0. The van der Waals surface area contributed by atoms with Gasteiger partial charge in [-0.1, -0.05) is 0 Å². The van der Waals surface area contributed by atoms with Crippen LogP contribution in [-0.4, -0.2) is 9.91 Å². The summed E-state index contributed by atoms with van der Waals surface area (Å²) in [6.07, 6.45) is 0. The highest BCUT2D eigenvalue weighted by Crippen LogP contribution is 2.28. The summed E-state index contributed by atoms with van der Waals surface area (Å²) in [5, 5.41) is 11.1. The van der Waals surface area contributed by atoms with Crippen LogP contribution in [0.3, 0.4) is 0 Å². The van der Waals surface area contributed by atoms with Crippen molar-refractivity contribution >= 4 is 5.69 Å². The van der Waals surface area contributed by atoms with Gasteiger partial charge in [0.05, 0.1) is 16.3 Å². The molecule has 23 heavy (non-hydrogen) atoms. The standard InChI is InChI=1S/C17H10F2N2O2/c18-13-5-1-11(2-6-13)16-9-15(21(22)23)10-17(20-16)12-3-7-14(19)8-4-12/h1-10H. The van der Waals surface area contributed by atoms with Gasteiger partial charge in [0, 0.05) is 23.3 Å². The largest absolute Gasteiger partial charge is 0.273 e. The van der Waals surface area contributed by atoms with Crippen LogP contribution in [0.2, 0.25) is 0 Å². The maximum Gasteiger partial charge on any atom is 0.273 e. The summed E-state index contributed by atoms with van der Waals surface area (Å²) in [5.74, 6) is -0.809. The van der Waals surface area contributed by atoms with E-state index in [1.54, 1.807) is 0 Å². The Labute approximate surface area is 130 Å². The van der Waals surface area contributed by atoms with Gasteiger partial charge in [0.15, 0.2) is 0 Å². The molecule has 0 spiro atoms. The van der Waals surface area contributed by atoms with E-state index in [2.05, 4.69) is 4.98 Å². The topological polar surface area (TPSA) is 56.0 Å². The molecule has 0 unspecified atom stereocenters. The highest BCUT2D eigenvalue weighted by atomic mass is 19.1. The highest BCUT2D eigenvalue weighted by Gasteiger charge is 2.14. The first-order valence-electron chi connectivity index (χ1n) is 6.71. The Morgan fingerprint density at radius 3 is 1.52 bits per heavy atom. The van der Waals surface area contributed by atoms with Crippen molar-refractivity contribution in [2.24, 2.45) is 0 Å². The molecule has 1 aromatic heterocycles. The average Bonchev–Trinajstić information content (AvgIpc) is 2.55. The predicted molar refractivity (Wildman–Crippen MR) is 81.7 cm³/mol. The molecule has 2 aromatic carbocycles. The Hall–Kier alpha value is -3.15. The Kier molecular flexibility index (Phi) is 3.80. The molecule has 0 N–H and O–H groups in total. The summed E-state index contributed by atoms with van der Waals surface area (Å²) in [4.78, 5) is 15.0. The number of halogens is 2. The summed E-state index contributed by atoms with van der Waals surface area (Å²) in [6, 6.07) is 13.7. The second-order valence-electron chi connectivity index (χ2n) is 4.87. The van der Waals surface area contributed by atoms with E-state index in [4.69, 9.17) is 0 Å². The van der Waals surface area contributed by atoms with E-state index in [1.807, 2.05) is 0 Å². The van der Waals surface area contributed by atoms with Crippen LogP contribution in [0.5, 0.6) is 0 Å². The second-order valence-corrected chi connectivity index (χ2v) is 4.87. The van der Waals surface area contributed by atoms with Crippen LogP contribution < -0.4 is 0 Å². The van der Waals surface area contributed by atoms with Crippen LogP contribution in [0.15, 0.2) is 60.7 Å². The van der Waals surface area contributed by atoms with Gasteiger partial charge in [0.25, 0.3) is 5.69 Å². The van der Waals surface area contributed by atoms with Crippen molar-refractivity contribution in [2.75, 3.05) is 0 Å². The lowest BCUT2D eigenvalue weighted by Gasteiger charge is -2.06. The van der Waals surface area contributed by atoms with Crippen molar-refractivity contribution in [3.8, 4) is 22.5 Å². The Balaban J connectivity index is 2.15. The van der Waals surface area contributed by atoms with Gasteiger partial charge < -0.3 is 0 Å². The number of nitro groups is 1. The van der Waals surface area contributed by atoms with Crippen LogP contribution in [0.25, 0.3) is 22.5 Å². The van der Waals surface area contributed by atoms with Crippen LogP contribution in [0.1, 0.15) is 0 Å². The van der Waals surface area contributed by atoms with Crippen LogP contribution >= 0.6 is 0 Å². The Bertz CT molecular complexity index is 799. The van der Waals surface area contributed by atoms with Gasteiger partial charge in [-0.05, 0) is 48.5 Å². The predicted octanol–water partition coefficient (Wildman–Crippen LogP) is 4.60. The van der Waals surface area contributed by atoms with E-state index in [0.717, 1.165) is 0 Å². The second kappa shape index (κ2) is 5.92. The molecular weight excluding hydrogens is 302 g/mol. The fourth-order valence-electron chi connectivity index (χ4n) is 2.16. The minimum absolute atomic E-state index is 0.140. The lowest BCUT2D eigenvalue weighted by Crippen LogP contribution is -1.94. The number of hydrogen-bond acceptors (Lipinski definition) is 3. The smallest absolute Gasteiger partial charge is 0.258 e. The van der Waals surface area contributed by atoms with Crippen molar-refractivity contribution in [1.29, 1.82) is 0 Å². The molecular formula is C17H10F2N2O2. The van der Waals surface area contributed by atoms with Crippen molar-refractivity contribution in [3.63, 3.8) is 0 Å². The third-order valence-corrected chi connectivity index (χ3v) is 3.30. The molecule has 6 heteroatoms. The maximum atomic E-state index is 13.0. The molecule has 0 aliphatic rings. The fraction of sp³-hybridized carbons (Fsp3) is 0. The van der Waals surface area contributed by atoms with Gasteiger partial charge in [-0.25, -0.2) is 13.8 Å². The number of pyridine rings is 1. The van der Waals surface area contributed by atoms with E-state index >= 15 is 0 Å². The molecule has 0 aliphatic carbocycles. The summed E-state index contributed by atoms with van der Waals surface area (Å²) in [7, 11) is 0. The zero-order chi connectivity index (χ0) is 16.4. The monoisotopic (exact) mass is 312 g/mol. The molecule has 0 atom stereocenters. The van der Waals surface area contributed by atoms with Crippen molar-refractivity contribution in [2.45, 2.75) is 0 Å². The molecule has 4 nitrogen and oxygen atoms in total. The van der Waals surface area contributed by atoms with E-state index < -0.39 is 16.6 Å². The minimum Gasteiger partial charge on any atom is -0.258 e. The van der Waals surface area contributed by atoms with Crippen molar-refractivity contribution in [3.05, 3.63) is 82.4 Å². The molecule has 3 aromatic rings. The van der Waals surface area contributed by atoms with Crippen molar-refractivity contribution < 1.29 is 13.7 Å². The molecule has 0 aliphatic heterocycles. The normalized spacial score (nSPS) is 10.5. The first-order valence-corrected chi connectivity index (χ1v) is 6.71. The molecule has 0 amide bonds.